The quantitative estimate of drug-likeness (QED) is 0.842. The first-order valence-electron chi connectivity index (χ1n) is 7.19. The molecular formula is C15H19N3O4S. The van der Waals surface area contributed by atoms with Gasteiger partial charge < -0.3 is 9.84 Å². The van der Waals surface area contributed by atoms with Crippen LogP contribution in [0.4, 0.5) is 5.69 Å². The van der Waals surface area contributed by atoms with Gasteiger partial charge in [0, 0.05) is 12.2 Å². The lowest BCUT2D eigenvalue weighted by Gasteiger charge is -2.08. The average Bonchev–Trinajstić information content (AvgIpc) is 2.85. The molecule has 8 heteroatoms. The minimum absolute atomic E-state index is 0.154. The molecule has 0 atom stereocenters. The van der Waals surface area contributed by atoms with E-state index in [-0.39, 0.29) is 10.8 Å². The lowest BCUT2D eigenvalue weighted by atomic mass is 10.2. The largest absolute Gasteiger partial charge is 0.361 e. The first kappa shape index (κ1) is 17.2. The summed E-state index contributed by atoms with van der Waals surface area (Å²) in [6, 6.07) is 5.97. The Labute approximate surface area is 135 Å². The number of aromatic nitrogens is 1. The van der Waals surface area contributed by atoms with E-state index in [1.54, 1.807) is 13.8 Å². The second kappa shape index (κ2) is 6.93. The first-order valence-corrected chi connectivity index (χ1v) is 8.67. The third-order valence-corrected chi connectivity index (χ3v) is 4.70. The predicted octanol–water partition coefficient (Wildman–Crippen LogP) is 2.23. The van der Waals surface area contributed by atoms with Crippen LogP contribution in [0.1, 0.15) is 35.2 Å². The Kier molecular flexibility index (Phi) is 5.17. The topological polar surface area (TPSA) is 101 Å². The molecule has 1 amide bonds. The summed E-state index contributed by atoms with van der Waals surface area (Å²) in [5.74, 6) is 0.0870. The van der Waals surface area contributed by atoms with Gasteiger partial charge in [0.25, 0.3) is 5.91 Å². The Bertz CT molecular complexity index is 775. The molecule has 7 nitrogen and oxygen atoms in total. The summed E-state index contributed by atoms with van der Waals surface area (Å²) in [7, 11) is -3.51. The van der Waals surface area contributed by atoms with E-state index in [4.69, 9.17) is 4.52 Å². The molecule has 0 saturated heterocycles. The molecule has 0 radical (unpaired) electrons. The normalized spacial score (nSPS) is 11.4. The van der Waals surface area contributed by atoms with Crippen LogP contribution in [-0.2, 0) is 10.0 Å². The van der Waals surface area contributed by atoms with Gasteiger partial charge in [-0.15, -0.1) is 0 Å². The van der Waals surface area contributed by atoms with Crippen molar-refractivity contribution in [1.82, 2.24) is 9.88 Å². The van der Waals surface area contributed by atoms with Crippen molar-refractivity contribution in [3.63, 3.8) is 0 Å². The number of aryl methyl sites for hydroxylation is 2. The van der Waals surface area contributed by atoms with Gasteiger partial charge >= 0.3 is 0 Å². The van der Waals surface area contributed by atoms with Crippen molar-refractivity contribution in [3.05, 3.63) is 41.3 Å². The van der Waals surface area contributed by atoms with Crippen LogP contribution < -0.4 is 10.0 Å². The second-order valence-electron chi connectivity index (χ2n) is 5.08. The number of sulfonamides is 1. The third kappa shape index (κ3) is 3.96. The van der Waals surface area contributed by atoms with Crippen molar-refractivity contribution < 1.29 is 17.7 Å². The van der Waals surface area contributed by atoms with Crippen molar-refractivity contribution in [2.45, 2.75) is 32.1 Å². The molecule has 124 valence electrons. The SMILES string of the molecule is CCCNS(=O)(=O)c1ccc(NC(=O)c2c(C)noc2C)cc1. The van der Waals surface area contributed by atoms with E-state index >= 15 is 0 Å². The van der Waals surface area contributed by atoms with Gasteiger partial charge in [-0.3, -0.25) is 4.79 Å². The monoisotopic (exact) mass is 337 g/mol. The Morgan fingerprint density at radius 3 is 2.39 bits per heavy atom. The highest BCUT2D eigenvalue weighted by Crippen LogP contribution is 2.17. The maximum Gasteiger partial charge on any atom is 0.261 e. The van der Waals surface area contributed by atoms with Crippen molar-refractivity contribution >= 4 is 21.6 Å². The van der Waals surface area contributed by atoms with Crippen LogP contribution in [0.25, 0.3) is 0 Å². The molecule has 23 heavy (non-hydrogen) atoms. The fourth-order valence-corrected chi connectivity index (χ4v) is 3.17. The number of carbonyl (C=O) groups is 1. The molecule has 0 aliphatic heterocycles. The molecule has 0 unspecified atom stereocenters. The number of benzene rings is 1. The van der Waals surface area contributed by atoms with Gasteiger partial charge in [-0.25, -0.2) is 13.1 Å². The van der Waals surface area contributed by atoms with E-state index in [1.807, 2.05) is 6.92 Å². The Morgan fingerprint density at radius 1 is 1.22 bits per heavy atom. The summed E-state index contributed by atoms with van der Waals surface area (Å²) >= 11 is 0. The van der Waals surface area contributed by atoms with Crippen LogP contribution in [0.3, 0.4) is 0 Å². The lowest BCUT2D eigenvalue weighted by Crippen LogP contribution is -2.24. The maximum atomic E-state index is 12.2. The Morgan fingerprint density at radius 2 is 1.87 bits per heavy atom. The van der Waals surface area contributed by atoms with Crippen molar-refractivity contribution in [2.75, 3.05) is 11.9 Å². The summed E-state index contributed by atoms with van der Waals surface area (Å²) in [4.78, 5) is 12.4. The van der Waals surface area contributed by atoms with Crippen LogP contribution >= 0.6 is 0 Å². The highest BCUT2D eigenvalue weighted by molar-refractivity contribution is 7.89. The predicted molar refractivity (Wildman–Crippen MR) is 85.9 cm³/mol. The van der Waals surface area contributed by atoms with Gasteiger partial charge in [0.1, 0.15) is 11.3 Å². The molecule has 2 N–H and O–H groups in total. The van der Waals surface area contributed by atoms with Gasteiger partial charge in [-0.1, -0.05) is 12.1 Å². The number of nitrogens with zero attached hydrogens (tertiary/aromatic N) is 1. The molecule has 0 bridgehead atoms. The fourth-order valence-electron chi connectivity index (χ4n) is 2.04. The molecule has 1 heterocycles. The van der Waals surface area contributed by atoms with Crippen molar-refractivity contribution in [3.8, 4) is 0 Å². The van der Waals surface area contributed by atoms with Gasteiger partial charge in [0.15, 0.2) is 0 Å². The summed E-state index contributed by atoms with van der Waals surface area (Å²) in [6.45, 7) is 5.60. The third-order valence-electron chi connectivity index (χ3n) is 3.23. The molecule has 0 fully saturated rings. The number of hydrogen-bond acceptors (Lipinski definition) is 5. The lowest BCUT2D eigenvalue weighted by molar-refractivity contribution is 0.102. The molecule has 1 aromatic heterocycles. The van der Waals surface area contributed by atoms with Crippen molar-refractivity contribution in [2.24, 2.45) is 0 Å². The van der Waals surface area contributed by atoms with Gasteiger partial charge in [0.2, 0.25) is 10.0 Å². The number of amides is 1. The zero-order chi connectivity index (χ0) is 17.0. The number of anilines is 1. The zero-order valence-electron chi connectivity index (χ0n) is 13.2. The Balaban J connectivity index is 2.13. The molecule has 1 aromatic carbocycles. The van der Waals surface area contributed by atoms with Gasteiger partial charge in [-0.05, 0) is 44.5 Å². The highest BCUT2D eigenvalue weighted by atomic mass is 32.2. The number of nitrogens with one attached hydrogen (secondary N) is 2. The molecule has 2 rings (SSSR count). The number of hydrogen-bond donors (Lipinski definition) is 2. The number of rotatable bonds is 6. The van der Waals surface area contributed by atoms with Crippen molar-refractivity contribution in [1.29, 1.82) is 0 Å². The Hall–Kier alpha value is -2.19. The van der Waals surface area contributed by atoms with E-state index < -0.39 is 10.0 Å². The van der Waals surface area contributed by atoms with Crippen LogP contribution in [0, 0.1) is 13.8 Å². The standard InChI is InChI=1S/C15H19N3O4S/c1-4-9-16-23(20,21)13-7-5-12(6-8-13)17-15(19)14-10(2)18-22-11(14)3/h5-8,16H,4,9H2,1-3H3,(H,17,19). The van der Waals surface area contributed by atoms with Gasteiger partial charge in [-0.2, -0.15) is 0 Å². The smallest absolute Gasteiger partial charge is 0.261 e. The van der Waals surface area contributed by atoms with E-state index in [0.29, 0.717) is 35.7 Å². The molecule has 0 spiro atoms. The minimum atomic E-state index is -3.51. The zero-order valence-corrected chi connectivity index (χ0v) is 14.0. The highest BCUT2D eigenvalue weighted by Gasteiger charge is 2.18. The van der Waals surface area contributed by atoms with Crippen LogP contribution in [0.2, 0.25) is 0 Å². The molecule has 2 aromatic rings. The van der Waals surface area contributed by atoms with E-state index in [9.17, 15) is 13.2 Å². The number of carbonyl (C=O) groups excluding carboxylic acids is 1. The first-order chi connectivity index (χ1) is 10.8. The van der Waals surface area contributed by atoms with Crippen LogP contribution in [0.15, 0.2) is 33.7 Å². The maximum absolute atomic E-state index is 12.2. The molecule has 0 aliphatic rings. The molecular weight excluding hydrogens is 318 g/mol. The average molecular weight is 337 g/mol. The van der Waals surface area contributed by atoms with E-state index in [1.165, 1.54) is 24.3 Å². The second-order valence-corrected chi connectivity index (χ2v) is 6.84. The summed E-state index contributed by atoms with van der Waals surface area (Å²) in [5.41, 5.74) is 1.37. The van der Waals surface area contributed by atoms with Gasteiger partial charge in [0.05, 0.1) is 10.6 Å². The minimum Gasteiger partial charge on any atom is -0.361 e. The van der Waals surface area contributed by atoms with Crippen LogP contribution in [0.5, 0.6) is 0 Å². The van der Waals surface area contributed by atoms with E-state index in [0.717, 1.165) is 0 Å². The fraction of sp³-hybridized carbons (Fsp3) is 0.333. The summed E-state index contributed by atoms with van der Waals surface area (Å²) in [6.07, 6.45) is 0.713. The van der Waals surface area contributed by atoms with Crippen LogP contribution in [-0.4, -0.2) is 26.0 Å². The van der Waals surface area contributed by atoms with E-state index in [2.05, 4.69) is 15.2 Å². The summed E-state index contributed by atoms with van der Waals surface area (Å²) < 4.78 is 31.4. The summed E-state index contributed by atoms with van der Waals surface area (Å²) in [5, 5.41) is 6.42. The molecule has 0 aliphatic carbocycles. The molecule has 0 saturated carbocycles.